The molecule has 0 bridgehead atoms. The Balaban J connectivity index is 1.55. The van der Waals surface area contributed by atoms with Crippen molar-refractivity contribution in [3.8, 4) is 5.75 Å². The summed E-state index contributed by atoms with van der Waals surface area (Å²) in [4.78, 5) is 16.4. The fourth-order valence-electron chi connectivity index (χ4n) is 2.85. The van der Waals surface area contributed by atoms with Gasteiger partial charge in [-0.15, -0.1) is 0 Å². The summed E-state index contributed by atoms with van der Waals surface area (Å²) < 4.78 is 38.8. The van der Waals surface area contributed by atoms with Gasteiger partial charge < -0.3 is 9.47 Å². The number of rotatable bonds is 5. The maximum atomic E-state index is 13.4. The molecule has 4 rings (SSSR count). The van der Waals surface area contributed by atoms with Gasteiger partial charge in [0, 0.05) is 5.56 Å². The van der Waals surface area contributed by atoms with Crippen LogP contribution in [0.3, 0.4) is 0 Å². The second-order valence-corrected chi connectivity index (χ2v) is 8.28. The van der Waals surface area contributed by atoms with E-state index in [-0.39, 0.29) is 24.0 Å². The van der Waals surface area contributed by atoms with Crippen molar-refractivity contribution in [3.05, 3.63) is 104 Å². The second-order valence-electron chi connectivity index (χ2n) is 6.58. The molecule has 1 aliphatic rings. The first kappa shape index (κ1) is 21.4. The second kappa shape index (κ2) is 9.11. The number of carbonyl (C=O) groups is 1. The number of hydrogen-bond acceptors (Lipinski definition) is 4. The fraction of sp³-hybridized carbons (Fsp3) is 0.0435. The summed E-state index contributed by atoms with van der Waals surface area (Å²) in [7, 11) is 0. The van der Waals surface area contributed by atoms with Crippen LogP contribution in [-0.4, -0.2) is 11.9 Å². The van der Waals surface area contributed by atoms with Crippen molar-refractivity contribution >= 4 is 49.8 Å². The molecule has 0 aromatic heterocycles. The third-order valence-corrected chi connectivity index (χ3v) is 5.49. The van der Waals surface area contributed by atoms with Crippen molar-refractivity contribution in [3.63, 3.8) is 0 Å². The van der Waals surface area contributed by atoms with Crippen molar-refractivity contribution in [1.29, 1.82) is 0 Å². The molecule has 0 amide bonds. The van der Waals surface area contributed by atoms with Crippen LogP contribution in [-0.2, 0) is 16.1 Å². The van der Waals surface area contributed by atoms with Gasteiger partial charge in [-0.2, -0.15) is 0 Å². The minimum atomic E-state index is -0.622. The van der Waals surface area contributed by atoms with E-state index in [1.807, 2.05) is 0 Å². The molecule has 3 aromatic carbocycles. The Bertz CT molecular complexity index is 1200. The number of hydrogen-bond donors (Lipinski definition) is 0. The Morgan fingerprint density at radius 3 is 2.35 bits per heavy atom. The smallest absolute Gasteiger partial charge is 0.363 e. The monoisotopic (exact) mass is 547 g/mol. The van der Waals surface area contributed by atoms with Gasteiger partial charge >= 0.3 is 5.97 Å². The molecule has 1 heterocycles. The number of benzene rings is 3. The number of carbonyl (C=O) groups excluding carboxylic acids is 1. The van der Waals surface area contributed by atoms with E-state index >= 15 is 0 Å². The molecule has 0 saturated carbocycles. The summed E-state index contributed by atoms with van der Waals surface area (Å²) in [6, 6.07) is 15.2. The number of cyclic esters (lactones) is 1. The predicted octanol–water partition coefficient (Wildman–Crippen LogP) is 6.41. The normalized spacial score (nSPS) is 14.5. The summed E-state index contributed by atoms with van der Waals surface area (Å²) in [6.07, 6.45) is 1.56. The predicted molar refractivity (Wildman–Crippen MR) is 120 cm³/mol. The minimum absolute atomic E-state index is 0.0492. The SMILES string of the molecule is O=C1OC(c2cccc(F)c2)=N/C1=C\c1cc(Br)c(OCc2ccc(F)cc2)c(Br)c1. The highest BCUT2D eigenvalue weighted by Crippen LogP contribution is 2.36. The van der Waals surface area contributed by atoms with Crippen LogP contribution in [0.2, 0.25) is 0 Å². The maximum absolute atomic E-state index is 13.4. The van der Waals surface area contributed by atoms with Crippen molar-refractivity contribution in [1.82, 2.24) is 0 Å². The molecule has 8 heteroatoms. The van der Waals surface area contributed by atoms with E-state index in [1.54, 1.807) is 36.4 Å². The molecule has 31 heavy (non-hydrogen) atoms. The van der Waals surface area contributed by atoms with E-state index in [4.69, 9.17) is 9.47 Å². The van der Waals surface area contributed by atoms with Gasteiger partial charge in [-0.1, -0.05) is 18.2 Å². The van der Waals surface area contributed by atoms with Gasteiger partial charge in [0.1, 0.15) is 24.0 Å². The Hall–Kier alpha value is -2.84. The zero-order valence-electron chi connectivity index (χ0n) is 15.7. The van der Waals surface area contributed by atoms with Gasteiger partial charge in [0.25, 0.3) is 0 Å². The molecule has 0 atom stereocenters. The van der Waals surface area contributed by atoms with E-state index in [0.29, 0.717) is 25.8 Å². The lowest BCUT2D eigenvalue weighted by Gasteiger charge is -2.11. The number of ether oxygens (including phenoxy) is 2. The first-order valence-electron chi connectivity index (χ1n) is 9.04. The topological polar surface area (TPSA) is 47.9 Å². The Morgan fingerprint density at radius 2 is 1.68 bits per heavy atom. The van der Waals surface area contributed by atoms with Crippen LogP contribution < -0.4 is 4.74 Å². The Kier molecular flexibility index (Phi) is 6.29. The van der Waals surface area contributed by atoms with Crippen LogP contribution in [0.25, 0.3) is 6.08 Å². The highest BCUT2D eigenvalue weighted by atomic mass is 79.9. The number of halogens is 4. The largest absolute Gasteiger partial charge is 0.487 e. The van der Waals surface area contributed by atoms with E-state index in [0.717, 1.165) is 5.56 Å². The van der Waals surface area contributed by atoms with Gasteiger partial charge in [0.05, 0.1) is 8.95 Å². The molecule has 1 aliphatic heterocycles. The zero-order valence-corrected chi connectivity index (χ0v) is 18.9. The number of nitrogens with zero attached hydrogens (tertiary/aromatic N) is 1. The number of aliphatic imine (C=N–C) groups is 1. The Morgan fingerprint density at radius 1 is 0.968 bits per heavy atom. The van der Waals surface area contributed by atoms with Gasteiger partial charge in [0.2, 0.25) is 5.90 Å². The van der Waals surface area contributed by atoms with E-state index in [9.17, 15) is 13.6 Å². The lowest BCUT2D eigenvalue weighted by Crippen LogP contribution is -2.05. The highest BCUT2D eigenvalue weighted by molar-refractivity contribution is 9.11. The molecule has 0 spiro atoms. The van der Waals surface area contributed by atoms with Gasteiger partial charge in [-0.3, -0.25) is 0 Å². The third kappa shape index (κ3) is 5.08. The average molecular weight is 549 g/mol. The summed E-state index contributed by atoms with van der Waals surface area (Å²) in [5.41, 5.74) is 1.96. The van der Waals surface area contributed by atoms with Crippen molar-refractivity contribution in [2.45, 2.75) is 6.61 Å². The zero-order chi connectivity index (χ0) is 22.0. The summed E-state index contributed by atoms with van der Waals surface area (Å²) in [6.45, 7) is 0.255. The van der Waals surface area contributed by atoms with Crippen LogP contribution in [0, 0.1) is 11.6 Å². The van der Waals surface area contributed by atoms with Gasteiger partial charge in [0.15, 0.2) is 5.70 Å². The molecule has 4 nitrogen and oxygen atoms in total. The van der Waals surface area contributed by atoms with Crippen LogP contribution in [0.1, 0.15) is 16.7 Å². The maximum Gasteiger partial charge on any atom is 0.363 e. The summed E-state index contributed by atoms with van der Waals surface area (Å²) in [5, 5.41) is 0. The van der Waals surface area contributed by atoms with Crippen LogP contribution in [0.15, 0.2) is 80.3 Å². The molecular weight excluding hydrogens is 536 g/mol. The van der Waals surface area contributed by atoms with Crippen LogP contribution in [0.4, 0.5) is 8.78 Å². The van der Waals surface area contributed by atoms with Gasteiger partial charge in [-0.25, -0.2) is 18.6 Å². The number of esters is 1. The molecule has 0 N–H and O–H groups in total. The first-order valence-corrected chi connectivity index (χ1v) is 10.6. The molecule has 0 unspecified atom stereocenters. The van der Waals surface area contributed by atoms with Crippen molar-refractivity contribution in [2.75, 3.05) is 0 Å². The summed E-state index contributed by atoms with van der Waals surface area (Å²) in [5.74, 6) is -0.768. The minimum Gasteiger partial charge on any atom is -0.487 e. The quantitative estimate of drug-likeness (QED) is 0.273. The van der Waals surface area contributed by atoms with E-state index < -0.39 is 11.8 Å². The molecular formula is C23H13Br2F2NO3. The van der Waals surface area contributed by atoms with Gasteiger partial charge in [-0.05, 0) is 91.5 Å². The van der Waals surface area contributed by atoms with Crippen molar-refractivity contribution < 1.29 is 23.0 Å². The lowest BCUT2D eigenvalue weighted by molar-refractivity contribution is -0.129. The first-order chi connectivity index (χ1) is 14.9. The molecule has 0 saturated heterocycles. The molecule has 3 aromatic rings. The lowest BCUT2D eigenvalue weighted by atomic mass is 10.2. The van der Waals surface area contributed by atoms with E-state index in [2.05, 4.69) is 36.9 Å². The van der Waals surface area contributed by atoms with E-state index in [1.165, 1.54) is 30.3 Å². The molecule has 0 radical (unpaired) electrons. The third-order valence-electron chi connectivity index (χ3n) is 4.31. The molecule has 0 aliphatic carbocycles. The average Bonchev–Trinajstić information content (AvgIpc) is 3.09. The standard InChI is InChI=1S/C23H13Br2F2NO3/c24-18-8-14(9-19(25)21(18)30-12-13-4-6-16(26)7-5-13)10-20-23(29)31-22(28-20)15-2-1-3-17(27)11-15/h1-11H,12H2/b20-10-. The molecule has 0 fully saturated rings. The summed E-state index contributed by atoms with van der Waals surface area (Å²) >= 11 is 6.93. The highest BCUT2D eigenvalue weighted by Gasteiger charge is 2.24. The molecule has 156 valence electrons. The Labute approximate surface area is 193 Å². The van der Waals surface area contributed by atoms with Crippen LogP contribution in [0.5, 0.6) is 5.75 Å². The van der Waals surface area contributed by atoms with Crippen molar-refractivity contribution in [2.24, 2.45) is 4.99 Å². The van der Waals surface area contributed by atoms with Crippen LogP contribution >= 0.6 is 31.9 Å². The fourth-order valence-corrected chi connectivity index (χ4v) is 4.30.